The van der Waals surface area contributed by atoms with Gasteiger partial charge in [-0.1, -0.05) is 19.3 Å². The van der Waals surface area contributed by atoms with Gasteiger partial charge in [0.05, 0.1) is 18.2 Å². The SMILES string of the molecule is CN(C(=O)C1CCCCN1)C1CCCCC1O. The second-order valence-corrected chi connectivity index (χ2v) is 5.37. The van der Waals surface area contributed by atoms with E-state index in [1.165, 1.54) is 6.42 Å². The van der Waals surface area contributed by atoms with Crippen LogP contribution < -0.4 is 5.32 Å². The number of rotatable bonds is 2. The van der Waals surface area contributed by atoms with Crippen LogP contribution in [0.25, 0.3) is 0 Å². The summed E-state index contributed by atoms with van der Waals surface area (Å²) >= 11 is 0. The third kappa shape index (κ3) is 2.99. The Morgan fingerprint density at radius 3 is 2.53 bits per heavy atom. The fraction of sp³-hybridized carbons (Fsp3) is 0.923. The lowest BCUT2D eigenvalue weighted by Gasteiger charge is -2.37. The number of likely N-dealkylation sites (N-methyl/N-ethyl adjacent to an activating group) is 1. The molecule has 0 aromatic carbocycles. The first-order valence-electron chi connectivity index (χ1n) is 6.88. The fourth-order valence-corrected chi connectivity index (χ4v) is 3.02. The van der Waals surface area contributed by atoms with Crippen molar-refractivity contribution in [2.24, 2.45) is 0 Å². The zero-order chi connectivity index (χ0) is 12.3. The molecule has 0 aromatic rings. The molecule has 2 rings (SSSR count). The van der Waals surface area contributed by atoms with Crippen LogP contribution in [-0.2, 0) is 4.79 Å². The second-order valence-electron chi connectivity index (χ2n) is 5.37. The van der Waals surface area contributed by atoms with Gasteiger partial charge in [-0.2, -0.15) is 0 Å². The number of amides is 1. The topological polar surface area (TPSA) is 52.6 Å². The Balaban J connectivity index is 1.92. The van der Waals surface area contributed by atoms with Crippen molar-refractivity contribution in [3.8, 4) is 0 Å². The van der Waals surface area contributed by atoms with Crippen molar-refractivity contribution in [1.82, 2.24) is 10.2 Å². The van der Waals surface area contributed by atoms with Crippen LogP contribution in [0.15, 0.2) is 0 Å². The Morgan fingerprint density at radius 2 is 1.88 bits per heavy atom. The number of piperidine rings is 1. The van der Waals surface area contributed by atoms with Gasteiger partial charge in [0, 0.05) is 7.05 Å². The summed E-state index contributed by atoms with van der Waals surface area (Å²) in [6.07, 6.45) is 6.88. The van der Waals surface area contributed by atoms with Gasteiger partial charge in [-0.05, 0) is 32.2 Å². The average Bonchev–Trinajstić information content (AvgIpc) is 2.39. The molecule has 1 saturated heterocycles. The number of carbonyl (C=O) groups is 1. The zero-order valence-corrected chi connectivity index (χ0v) is 10.7. The molecule has 0 spiro atoms. The lowest BCUT2D eigenvalue weighted by Crippen LogP contribution is -2.53. The molecule has 2 fully saturated rings. The molecule has 3 atom stereocenters. The first kappa shape index (κ1) is 12.8. The Hall–Kier alpha value is -0.610. The first-order valence-corrected chi connectivity index (χ1v) is 6.88. The molecule has 1 heterocycles. The predicted octanol–water partition coefficient (Wildman–Crippen LogP) is 0.890. The Kier molecular flexibility index (Phi) is 4.40. The van der Waals surface area contributed by atoms with Crippen LogP contribution >= 0.6 is 0 Å². The first-order chi connectivity index (χ1) is 8.20. The Morgan fingerprint density at radius 1 is 1.18 bits per heavy atom. The summed E-state index contributed by atoms with van der Waals surface area (Å²) in [7, 11) is 1.85. The highest BCUT2D eigenvalue weighted by Crippen LogP contribution is 2.23. The lowest BCUT2D eigenvalue weighted by atomic mass is 9.91. The number of hydrogen-bond donors (Lipinski definition) is 2. The van der Waals surface area contributed by atoms with E-state index in [1.54, 1.807) is 4.90 Å². The molecule has 3 unspecified atom stereocenters. The molecule has 1 aliphatic heterocycles. The molecule has 1 amide bonds. The van der Waals surface area contributed by atoms with Gasteiger partial charge >= 0.3 is 0 Å². The summed E-state index contributed by atoms with van der Waals surface area (Å²) in [5.41, 5.74) is 0. The summed E-state index contributed by atoms with van der Waals surface area (Å²) in [5.74, 6) is 0.163. The quantitative estimate of drug-likeness (QED) is 0.753. The minimum absolute atomic E-state index is 0.0251. The van der Waals surface area contributed by atoms with Crippen LogP contribution in [0.5, 0.6) is 0 Å². The van der Waals surface area contributed by atoms with Gasteiger partial charge in [0.15, 0.2) is 0 Å². The molecule has 98 valence electrons. The van der Waals surface area contributed by atoms with Crippen molar-refractivity contribution >= 4 is 5.91 Å². The van der Waals surface area contributed by atoms with E-state index < -0.39 is 0 Å². The lowest BCUT2D eigenvalue weighted by molar-refractivity contribution is -0.138. The van der Waals surface area contributed by atoms with E-state index in [9.17, 15) is 9.90 Å². The number of nitrogens with one attached hydrogen (secondary N) is 1. The molecule has 4 nitrogen and oxygen atoms in total. The monoisotopic (exact) mass is 240 g/mol. The Labute approximate surface area is 103 Å². The van der Waals surface area contributed by atoms with Crippen LogP contribution in [0.3, 0.4) is 0 Å². The van der Waals surface area contributed by atoms with Crippen LogP contribution in [-0.4, -0.2) is 47.7 Å². The molecule has 2 N–H and O–H groups in total. The minimum atomic E-state index is -0.332. The van der Waals surface area contributed by atoms with E-state index in [0.717, 1.165) is 45.1 Å². The van der Waals surface area contributed by atoms with Crippen molar-refractivity contribution in [1.29, 1.82) is 0 Å². The molecule has 17 heavy (non-hydrogen) atoms. The maximum atomic E-state index is 12.3. The number of aliphatic hydroxyl groups is 1. The maximum Gasteiger partial charge on any atom is 0.239 e. The van der Waals surface area contributed by atoms with Gasteiger partial charge in [0.1, 0.15) is 0 Å². The summed E-state index contributed by atoms with van der Waals surface area (Å²) < 4.78 is 0. The normalized spacial score (nSPS) is 34.4. The molecule has 2 aliphatic rings. The third-order valence-electron chi connectivity index (χ3n) is 4.15. The summed E-state index contributed by atoms with van der Waals surface area (Å²) in [6, 6.07) is 0.00264. The summed E-state index contributed by atoms with van der Waals surface area (Å²) in [6.45, 7) is 0.942. The fourth-order valence-electron chi connectivity index (χ4n) is 3.02. The number of aliphatic hydroxyl groups excluding tert-OH is 1. The van der Waals surface area contributed by atoms with E-state index in [-0.39, 0.29) is 24.1 Å². The minimum Gasteiger partial charge on any atom is -0.391 e. The maximum absolute atomic E-state index is 12.3. The van der Waals surface area contributed by atoms with E-state index in [1.807, 2.05) is 7.05 Å². The van der Waals surface area contributed by atoms with Gasteiger partial charge < -0.3 is 15.3 Å². The summed E-state index contributed by atoms with van der Waals surface area (Å²) in [5, 5.41) is 13.3. The average molecular weight is 240 g/mol. The van der Waals surface area contributed by atoms with Gasteiger partial charge in [-0.25, -0.2) is 0 Å². The Bertz CT molecular complexity index is 264. The third-order valence-corrected chi connectivity index (χ3v) is 4.15. The van der Waals surface area contributed by atoms with Crippen molar-refractivity contribution in [3.05, 3.63) is 0 Å². The molecular formula is C13H24N2O2. The number of hydrogen-bond acceptors (Lipinski definition) is 3. The highest BCUT2D eigenvalue weighted by molar-refractivity contribution is 5.82. The zero-order valence-electron chi connectivity index (χ0n) is 10.7. The predicted molar refractivity (Wildman–Crippen MR) is 66.7 cm³/mol. The highest BCUT2D eigenvalue weighted by Gasteiger charge is 2.32. The van der Waals surface area contributed by atoms with Gasteiger partial charge in [-0.15, -0.1) is 0 Å². The van der Waals surface area contributed by atoms with Crippen LogP contribution in [0, 0.1) is 0 Å². The van der Waals surface area contributed by atoms with Gasteiger partial charge in [0.2, 0.25) is 5.91 Å². The van der Waals surface area contributed by atoms with E-state index in [0.29, 0.717) is 0 Å². The second kappa shape index (κ2) is 5.83. The van der Waals surface area contributed by atoms with Crippen LogP contribution in [0.2, 0.25) is 0 Å². The standard InChI is InChI=1S/C13H24N2O2/c1-15(11-7-2-3-8-12(11)16)13(17)10-6-4-5-9-14-10/h10-12,14,16H,2-9H2,1H3. The number of nitrogens with zero attached hydrogens (tertiary/aromatic N) is 1. The van der Waals surface area contributed by atoms with Gasteiger partial charge in [0.25, 0.3) is 0 Å². The van der Waals surface area contributed by atoms with Crippen LogP contribution in [0.4, 0.5) is 0 Å². The molecule has 0 bridgehead atoms. The van der Waals surface area contributed by atoms with E-state index >= 15 is 0 Å². The number of carbonyl (C=O) groups excluding carboxylic acids is 1. The largest absolute Gasteiger partial charge is 0.391 e. The molecule has 0 aromatic heterocycles. The van der Waals surface area contributed by atoms with Gasteiger partial charge in [-0.3, -0.25) is 4.79 Å². The smallest absolute Gasteiger partial charge is 0.239 e. The van der Waals surface area contributed by atoms with Crippen molar-refractivity contribution in [3.63, 3.8) is 0 Å². The van der Waals surface area contributed by atoms with E-state index in [2.05, 4.69) is 5.32 Å². The summed E-state index contributed by atoms with van der Waals surface area (Å²) in [4.78, 5) is 14.1. The van der Waals surface area contributed by atoms with E-state index in [4.69, 9.17) is 0 Å². The van der Waals surface area contributed by atoms with Crippen molar-refractivity contribution in [2.75, 3.05) is 13.6 Å². The van der Waals surface area contributed by atoms with Crippen molar-refractivity contribution in [2.45, 2.75) is 63.1 Å². The molecule has 4 heteroatoms. The molecule has 1 saturated carbocycles. The molecular weight excluding hydrogens is 216 g/mol. The van der Waals surface area contributed by atoms with Crippen LogP contribution in [0.1, 0.15) is 44.9 Å². The molecule has 1 aliphatic carbocycles. The van der Waals surface area contributed by atoms with Crippen molar-refractivity contribution < 1.29 is 9.90 Å². The highest BCUT2D eigenvalue weighted by atomic mass is 16.3. The molecule has 0 radical (unpaired) electrons.